The van der Waals surface area contributed by atoms with Gasteiger partial charge in [-0.2, -0.15) is 0 Å². The molecule has 2 rings (SSSR count). The Labute approximate surface area is 108 Å². The molecule has 1 unspecified atom stereocenters. The van der Waals surface area contributed by atoms with Crippen molar-refractivity contribution in [3.8, 4) is 5.75 Å². The number of nitrogens with two attached hydrogens (primary N) is 1. The maximum Gasteiger partial charge on any atom is 0.119 e. The zero-order chi connectivity index (χ0) is 13.0. The Kier molecular flexibility index (Phi) is 4.00. The topological polar surface area (TPSA) is 35.2 Å². The van der Waals surface area contributed by atoms with E-state index in [1.54, 1.807) is 7.11 Å². The Bertz CT molecular complexity index is 548. The molecular weight excluding hydrogens is 222 g/mol. The lowest BCUT2D eigenvalue weighted by Crippen LogP contribution is -2.21. The second-order valence-corrected chi connectivity index (χ2v) is 4.49. The standard InChI is InChI=1S/C16H19NO/c1-3-5-14(17)10-13-7-4-6-12-8-9-15(18-2)11-16(12)13/h3-4,6-9,11,14H,1,5,10,17H2,2H3. The minimum absolute atomic E-state index is 0.124. The molecule has 0 aliphatic carbocycles. The van der Waals surface area contributed by atoms with Crippen molar-refractivity contribution in [1.82, 2.24) is 0 Å². The highest BCUT2D eigenvalue weighted by molar-refractivity contribution is 5.87. The fourth-order valence-corrected chi connectivity index (χ4v) is 2.20. The van der Waals surface area contributed by atoms with Crippen LogP contribution in [0.5, 0.6) is 5.75 Å². The molecule has 0 bridgehead atoms. The first-order valence-corrected chi connectivity index (χ1v) is 6.16. The first-order chi connectivity index (χ1) is 8.74. The zero-order valence-corrected chi connectivity index (χ0v) is 10.7. The number of methoxy groups -OCH3 is 1. The summed E-state index contributed by atoms with van der Waals surface area (Å²) in [4.78, 5) is 0. The van der Waals surface area contributed by atoms with Crippen LogP contribution >= 0.6 is 0 Å². The number of rotatable bonds is 5. The second kappa shape index (κ2) is 5.69. The van der Waals surface area contributed by atoms with Gasteiger partial charge in [-0.05, 0) is 41.3 Å². The molecule has 0 amide bonds. The molecule has 1 atom stereocenters. The maximum absolute atomic E-state index is 6.08. The van der Waals surface area contributed by atoms with Gasteiger partial charge in [0.05, 0.1) is 7.11 Å². The molecule has 2 heteroatoms. The van der Waals surface area contributed by atoms with Crippen molar-refractivity contribution in [1.29, 1.82) is 0 Å². The minimum atomic E-state index is 0.124. The summed E-state index contributed by atoms with van der Waals surface area (Å²) < 4.78 is 5.28. The average Bonchev–Trinajstić information content (AvgIpc) is 2.39. The number of ether oxygens (including phenoxy) is 1. The van der Waals surface area contributed by atoms with Gasteiger partial charge >= 0.3 is 0 Å². The maximum atomic E-state index is 6.08. The van der Waals surface area contributed by atoms with Crippen LogP contribution in [-0.2, 0) is 6.42 Å². The van der Waals surface area contributed by atoms with E-state index in [1.807, 2.05) is 12.1 Å². The first kappa shape index (κ1) is 12.7. The Morgan fingerprint density at radius 3 is 2.89 bits per heavy atom. The molecule has 2 N–H and O–H groups in total. The van der Waals surface area contributed by atoms with Crippen LogP contribution in [0, 0.1) is 0 Å². The van der Waals surface area contributed by atoms with Gasteiger partial charge in [0.25, 0.3) is 0 Å². The van der Waals surface area contributed by atoms with E-state index in [4.69, 9.17) is 10.5 Å². The first-order valence-electron chi connectivity index (χ1n) is 6.16. The van der Waals surface area contributed by atoms with Gasteiger partial charge in [-0.1, -0.05) is 30.3 Å². The number of hydrogen-bond acceptors (Lipinski definition) is 2. The van der Waals surface area contributed by atoms with Crippen molar-refractivity contribution in [3.63, 3.8) is 0 Å². The van der Waals surface area contributed by atoms with E-state index in [0.29, 0.717) is 0 Å². The molecule has 2 nitrogen and oxygen atoms in total. The van der Waals surface area contributed by atoms with Crippen molar-refractivity contribution in [2.24, 2.45) is 5.73 Å². The van der Waals surface area contributed by atoms with E-state index in [2.05, 4.69) is 36.9 Å². The fraction of sp³-hybridized carbons (Fsp3) is 0.250. The van der Waals surface area contributed by atoms with Crippen LogP contribution < -0.4 is 10.5 Å². The van der Waals surface area contributed by atoms with Gasteiger partial charge < -0.3 is 10.5 Å². The summed E-state index contributed by atoms with van der Waals surface area (Å²) >= 11 is 0. The molecule has 0 aliphatic rings. The van der Waals surface area contributed by atoms with Gasteiger partial charge in [-0.15, -0.1) is 6.58 Å². The van der Waals surface area contributed by atoms with Crippen molar-refractivity contribution in [2.45, 2.75) is 18.9 Å². The zero-order valence-electron chi connectivity index (χ0n) is 10.7. The molecular formula is C16H19NO. The predicted molar refractivity (Wildman–Crippen MR) is 77.0 cm³/mol. The Balaban J connectivity index is 2.39. The van der Waals surface area contributed by atoms with Crippen LogP contribution in [0.15, 0.2) is 49.1 Å². The molecule has 94 valence electrons. The molecule has 0 heterocycles. The van der Waals surface area contributed by atoms with Crippen molar-refractivity contribution >= 4 is 10.8 Å². The summed E-state index contributed by atoms with van der Waals surface area (Å²) in [6, 6.07) is 12.6. The molecule has 0 radical (unpaired) electrons. The predicted octanol–water partition coefficient (Wildman–Crippen LogP) is 3.29. The summed E-state index contributed by atoms with van der Waals surface area (Å²) in [7, 11) is 1.69. The van der Waals surface area contributed by atoms with Crippen molar-refractivity contribution in [3.05, 3.63) is 54.6 Å². The highest BCUT2D eigenvalue weighted by Crippen LogP contribution is 2.25. The fourth-order valence-electron chi connectivity index (χ4n) is 2.20. The van der Waals surface area contributed by atoms with E-state index >= 15 is 0 Å². The number of hydrogen-bond donors (Lipinski definition) is 1. The lowest BCUT2D eigenvalue weighted by molar-refractivity contribution is 0.415. The molecule has 2 aromatic rings. The summed E-state index contributed by atoms with van der Waals surface area (Å²) in [5.41, 5.74) is 7.34. The second-order valence-electron chi connectivity index (χ2n) is 4.49. The van der Waals surface area contributed by atoms with E-state index in [1.165, 1.54) is 16.3 Å². The van der Waals surface area contributed by atoms with Crippen molar-refractivity contribution < 1.29 is 4.74 Å². The SMILES string of the molecule is C=CCC(N)Cc1cccc2ccc(OC)cc12. The number of fused-ring (bicyclic) bond motifs is 1. The third kappa shape index (κ3) is 2.71. The molecule has 0 saturated heterocycles. The Morgan fingerprint density at radius 2 is 2.17 bits per heavy atom. The number of benzene rings is 2. The Morgan fingerprint density at radius 1 is 1.33 bits per heavy atom. The Hall–Kier alpha value is -1.80. The normalized spacial score (nSPS) is 12.3. The highest BCUT2D eigenvalue weighted by Gasteiger charge is 2.06. The van der Waals surface area contributed by atoms with E-state index < -0.39 is 0 Å². The van der Waals surface area contributed by atoms with Crippen LogP contribution in [0.25, 0.3) is 10.8 Å². The minimum Gasteiger partial charge on any atom is -0.497 e. The van der Waals surface area contributed by atoms with Crippen LogP contribution in [0.2, 0.25) is 0 Å². The van der Waals surface area contributed by atoms with Crippen LogP contribution in [0.4, 0.5) is 0 Å². The molecule has 0 aliphatic heterocycles. The van der Waals surface area contributed by atoms with Gasteiger partial charge in [0.1, 0.15) is 5.75 Å². The summed E-state index contributed by atoms with van der Waals surface area (Å²) in [6.07, 6.45) is 3.56. The third-order valence-electron chi connectivity index (χ3n) is 3.13. The molecule has 0 fully saturated rings. The van der Waals surface area contributed by atoms with Gasteiger partial charge in [-0.25, -0.2) is 0 Å². The molecule has 0 spiro atoms. The summed E-state index contributed by atoms with van der Waals surface area (Å²) in [6.45, 7) is 3.73. The molecule has 0 aromatic heterocycles. The highest BCUT2D eigenvalue weighted by atomic mass is 16.5. The van der Waals surface area contributed by atoms with Gasteiger partial charge in [0.15, 0.2) is 0 Å². The van der Waals surface area contributed by atoms with Crippen LogP contribution in [-0.4, -0.2) is 13.2 Å². The molecule has 2 aromatic carbocycles. The van der Waals surface area contributed by atoms with Crippen molar-refractivity contribution in [2.75, 3.05) is 7.11 Å². The van der Waals surface area contributed by atoms with Crippen LogP contribution in [0.3, 0.4) is 0 Å². The summed E-state index contributed by atoms with van der Waals surface area (Å²) in [5, 5.41) is 2.44. The van der Waals surface area contributed by atoms with E-state index in [-0.39, 0.29) is 6.04 Å². The lowest BCUT2D eigenvalue weighted by Gasteiger charge is -2.12. The third-order valence-corrected chi connectivity index (χ3v) is 3.13. The van der Waals surface area contributed by atoms with E-state index in [9.17, 15) is 0 Å². The summed E-state index contributed by atoms with van der Waals surface area (Å²) in [5.74, 6) is 0.882. The molecule has 0 saturated carbocycles. The van der Waals surface area contributed by atoms with E-state index in [0.717, 1.165) is 18.6 Å². The van der Waals surface area contributed by atoms with Gasteiger partial charge in [0, 0.05) is 6.04 Å². The molecule has 18 heavy (non-hydrogen) atoms. The van der Waals surface area contributed by atoms with Gasteiger partial charge in [0.2, 0.25) is 0 Å². The quantitative estimate of drug-likeness (QED) is 0.815. The largest absolute Gasteiger partial charge is 0.497 e. The monoisotopic (exact) mass is 241 g/mol. The van der Waals surface area contributed by atoms with Gasteiger partial charge in [-0.3, -0.25) is 0 Å². The lowest BCUT2D eigenvalue weighted by atomic mass is 9.97. The smallest absolute Gasteiger partial charge is 0.119 e. The van der Waals surface area contributed by atoms with Crippen LogP contribution in [0.1, 0.15) is 12.0 Å². The average molecular weight is 241 g/mol.